The first-order valence-corrected chi connectivity index (χ1v) is 5.32. The summed E-state index contributed by atoms with van der Waals surface area (Å²) in [6, 6.07) is 4.63. The van der Waals surface area contributed by atoms with Crippen molar-refractivity contribution in [2.24, 2.45) is 0 Å². The maximum Gasteiger partial charge on any atom is 0.214 e. The molecule has 2 heterocycles. The largest absolute Gasteiger partial charge is 0.481 e. The van der Waals surface area contributed by atoms with Gasteiger partial charge >= 0.3 is 0 Å². The highest BCUT2D eigenvalue weighted by Gasteiger charge is 2.23. The van der Waals surface area contributed by atoms with Gasteiger partial charge in [-0.25, -0.2) is 4.98 Å². The molecule has 0 radical (unpaired) electrons. The van der Waals surface area contributed by atoms with Crippen LogP contribution in [0.25, 0.3) is 0 Å². The second-order valence-corrected chi connectivity index (χ2v) is 3.65. The Labute approximate surface area is 90.3 Å². The minimum Gasteiger partial charge on any atom is -0.481 e. The molecule has 1 aliphatic heterocycles. The van der Waals surface area contributed by atoms with Crippen LogP contribution in [0, 0.1) is 0 Å². The lowest BCUT2D eigenvalue weighted by atomic mass is 10.1. The number of hydrogen-bond donors (Lipinski definition) is 1. The number of aromatic nitrogens is 1. The number of ether oxygens (including phenoxy) is 1. The summed E-state index contributed by atoms with van der Waals surface area (Å²) in [4.78, 5) is 6.49. The Hall–Kier alpha value is -1.29. The van der Waals surface area contributed by atoms with Gasteiger partial charge in [-0.05, 0) is 13.0 Å². The SMILES string of the molecule is CCN(c1ccnc(OC)c1)C1CNC1. The van der Waals surface area contributed by atoms with Gasteiger partial charge in [0.05, 0.1) is 13.2 Å². The molecule has 1 fully saturated rings. The Balaban J connectivity index is 2.17. The van der Waals surface area contributed by atoms with E-state index in [9.17, 15) is 0 Å². The van der Waals surface area contributed by atoms with E-state index in [4.69, 9.17) is 4.74 Å². The number of likely N-dealkylation sites (N-methyl/N-ethyl adjacent to an activating group) is 1. The normalized spacial score (nSPS) is 15.9. The first-order chi connectivity index (χ1) is 7.35. The number of anilines is 1. The highest BCUT2D eigenvalue weighted by molar-refractivity contribution is 5.49. The van der Waals surface area contributed by atoms with E-state index in [1.54, 1.807) is 13.3 Å². The lowest BCUT2D eigenvalue weighted by Crippen LogP contribution is -2.57. The summed E-state index contributed by atoms with van der Waals surface area (Å²) in [7, 11) is 1.65. The van der Waals surface area contributed by atoms with Crippen molar-refractivity contribution in [3.8, 4) is 5.88 Å². The molecule has 2 rings (SSSR count). The van der Waals surface area contributed by atoms with Crippen LogP contribution in [0.4, 0.5) is 5.69 Å². The quantitative estimate of drug-likeness (QED) is 0.795. The van der Waals surface area contributed by atoms with Crippen molar-refractivity contribution in [2.75, 3.05) is 31.6 Å². The van der Waals surface area contributed by atoms with E-state index in [1.807, 2.05) is 12.1 Å². The highest BCUT2D eigenvalue weighted by Crippen LogP contribution is 2.21. The third kappa shape index (κ3) is 2.04. The molecule has 0 unspecified atom stereocenters. The lowest BCUT2D eigenvalue weighted by molar-refractivity contribution is 0.395. The van der Waals surface area contributed by atoms with E-state index in [1.165, 1.54) is 5.69 Å². The molecule has 15 heavy (non-hydrogen) atoms. The number of pyridine rings is 1. The van der Waals surface area contributed by atoms with Gasteiger partial charge in [-0.2, -0.15) is 0 Å². The molecule has 1 saturated heterocycles. The smallest absolute Gasteiger partial charge is 0.214 e. The van der Waals surface area contributed by atoms with Crippen molar-refractivity contribution in [3.63, 3.8) is 0 Å². The van der Waals surface area contributed by atoms with Crippen LogP contribution in [0.2, 0.25) is 0 Å². The summed E-state index contributed by atoms with van der Waals surface area (Å²) >= 11 is 0. The molecular weight excluding hydrogens is 190 g/mol. The van der Waals surface area contributed by atoms with Crippen molar-refractivity contribution in [3.05, 3.63) is 18.3 Å². The van der Waals surface area contributed by atoms with Gasteiger partial charge in [0.2, 0.25) is 5.88 Å². The zero-order valence-electron chi connectivity index (χ0n) is 9.23. The van der Waals surface area contributed by atoms with Gasteiger partial charge in [0, 0.05) is 37.6 Å². The van der Waals surface area contributed by atoms with Crippen molar-refractivity contribution < 1.29 is 4.74 Å². The van der Waals surface area contributed by atoms with Crippen molar-refractivity contribution in [1.29, 1.82) is 0 Å². The van der Waals surface area contributed by atoms with E-state index in [-0.39, 0.29) is 0 Å². The Morgan fingerprint density at radius 1 is 1.60 bits per heavy atom. The summed E-state index contributed by atoms with van der Waals surface area (Å²) in [5.41, 5.74) is 1.19. The van der Waals surface area contributed by atoms with E-state index >= 15 is 0 Å². The van der Waals surface area contributed by atoms with Gasteiger partial charge in [0.1, 0.15) is 0 Å². The second kappa shape index (κ2) is 4.49. The van der Waals surface area contributed by atoms with Crippen LogP contribution in [-0.2, 0) is 0 Å². The number of nitrogens with zero attached hydrogens (tertiary/aromatic N) is 2. The lowest BCUT2D eigenvalue weighted by Gasteiger charge is -2.39. The number of nitrogens with one attached hydrogen (secondary N) is 1. The Kier molecular flexibility index (Phi) is 3.06. The van der Waals surface area contributed by atoms with E-state index in [0.29, 0.717) is 11.9 Å². The standard InChI is InChI=1S/C11H17N3O/c1-3-14(10-7-12-8-10)9-4-5-13-11(6-9)15-2/h4-6,10,12H,3,7-8H2,1-2H3. The van der Waals surface area contributed by atoms with Gasteiger partial charge in [0.25, 0.3) is 0 Å². The van der Waals surface area contributed by atoms with Crippen LogP contribution in [-0.4, -0.2) is 37.8 Å². The fraction of sp³-hybridized carbons (Fsp3) is 0.545. The maximum atomic E-state index is 5.13. The monoisotopic (exact) mass is 207 g/mol. The summed E-state index contributed by atoms with van der Waals surface area (Å²) < 4.78 is 5.13. The molecule has 0 aliphatic carbocycles. The van der Waals surface area contributed by atoms with Crippen LogP contribution >= 0.6 is 0 Å². The molecular formula is C11H17N3O. The third-order valence-electron chi connectivity index (χ3n) is 2.80. The van der Waals surface area contributed by atoms with Gasteiger partial charge < -0.3 is 15.0 Å². The van der Waals surface area contributed by atoms with Gasteiger partial charge in [-0.1, -0.05) is 0 Å². The number of methoxy groups -OCH3 is 1. The summed E-state index contributed by atoms with van der Waals surface area (Å²) in [6.45, 7) is 5.32. The fourth-order valence-electron chi connectivity index (χ4n) is 1.83. The zero-order valence-corrected chi connectivity index (χ0v) is 9.23. The summed E-state index contributed by atoms with van der Waals surface area (Å²) in [5, 5.41) is 3.29. The predicted octanol–water partition coefficient (Wildman–Crippen LogP) is 0.888. The first-order valence-electron chi connectivity index (χ1n) is 5.32. The molecule has 82 valence electrons. The Bertz CT molecular complexity index is 325. The van der Waals surface area contributed by atoms with Crippen LogP contribution in [0.15, 0.2) is 18.3 Å². The maximum absolute atomic E-state index is 5.13. The third-order valence-corrected chi connectivity index (χ3v) is 2.80. The Morgan fingerprint density at radius 2 is 2.40 bits per heavy atom. The molecule has 1 N–H and O–H groups in total. The van der Waals surface area contributed by atoms with Crippen LogP contribution in [0.1, 0.15) is 6.92 Å². The number of rotatable bonds is 4. The predicted molar refractivity (Wildman–Crippen MR) is 60.5 cm³/mol. The fourth-order valence-corrected chi connectivity index (χ4v) is 1.83. The van der Waals surface area contributed by atoms with E-state index in [0.717, 1.165) is 19.6 Å². The molecule has 0 spiro atoms. The molecule has 1 aromatic rings. The average molecular weight is 207 g/mol. The first kappa shape index (κ1) is 10.2. The molecule has 4 nitrogen and oxygen atoms in total. The molecule has 0 saturated carbocycles. The highest BCUT2D eigenvalue weighted by atomic mass is 16.5. The number of hydrogen-bond acceptors (Lipinski definition) is 4. The van der Waals surface area contributed by atoms with Crippen molar-refractivity contribution >= 4 is 5.69 Å². The minimum atomic E-state index is 0.613. The van der Waals surface area contributed by atoms with Crippen LogP contribution in [0.5, 0.6) is 5.88 Å². The zero-order chi connectivity index (χ0) is 10.7. The van der Waals surface area contributed by atoms with E-state index in [2.05, 4.69) is 22.1 Å². The molecule has 0 atom stereocenters. The second-order valence-electron chi connectivity index (χ2n) is 3.65. The van der Waals surface area contributed by atoms with Crippen LogP contribution in [0.3, 0.4) is 0 Å². The molecule has 0 amide bonds. The van der Waals surface area contributed by atoms with Gasteiger partial charge in [-0.3, -0.25) is 0 Å². The molecule has 0 aromatic carbocycles. The topological polar surface area (TPSA) is 37.4 Å². The molecule has 4 heteroatoms. The van der Waals surface area contributed by atoms with E-state index < -0.39 is 0 Å². The Morgan fingerprint density at radius 3 is 2.93 bits per heavy atom. The van der Waals surface area contributed by atoms with Crippen molar-refractivity contribution in [1.82, 2.24) is 10.3 Å². The van der Waals surface area contributed by atoms with Crippen molar-refractivity contribution in [2.45, 2.75) is 13.0 Å². The van der Waals surface area contributed by atoms with Crippen LogP contribution < -0.4 is 15.0 Å². The van der Waals surface area contributed by atoms with Gasteiger partial charge in [0.15, 0.2) is 0 Å². The molecule has 0 bridgehead atoms. The molecule has 1 aromatic heterocycles. The minimum absolute atomic E-state index is 0.613. The van der Waals surface area contributed by atoms with Gasteiger partial charge in [-0.15, -0.1) is 0 Å². The summed E-state index contributed by atoms with van der Waals surface area (Å²) in [5.74, 6) is 0.679. The summed E-state index contributed by atoms with van der Waals surface area (Å²) in [6.07, 6.45) is 1.79. The molecule has 1 aliphatic rings. The average Bonchev–Trinajstić information content (AvgIpc) is 2.23.